The molecule has 1 aromatic carbocycles. The molecule has 2 amide bonds. The van der Waals surface area contributed by atoms with Gasteiger partial charge in [0.05, 0.1) is 11.7 Å². The first-order valence-corrected chi connectivity index (χ1v) is 5.62. The van der Waals surface area contributed by atoms with Crippen molar-refractivity contribution in [2.45, 2.75) is 6.92 Å². The highest BCUT2D eigenvalue weighted by Gasteiger charge is 2.06. The van der Waals surface area contributed by atoms with Crippen LogP contribution in [0.25, 0.3) is 10.9 Å². The highest BCUT2D eigenvalue weighted by atomic mass is 16.2. The van der Waals surface area contributed by atoms with E-state index in [4.69, 9.17) is 0 Å². The fourth-order valence-corrected chi connectivity index (χ4v) is 1.59. The normalized spacial score (nSPS) is 10.3. The number of carbonyl (C=O) groups is 2. The van der Waals surface area contributed by atoms with Crippen LogP contribution < -0.4 is 10.6 Å². The van der Waals surface area contributed by atoms with Crippen LogP contribution in [0.3, 0.4) is 0 Å². The van der Waals surface area contributed by atoms with Gasteiger partial charge >= 0.3 is 0 Å². The third kappa shape index (κ3) is 2.85. The summed E-state index contributed by atoms with van der Waals surface area (Å²) < 4.78 is 0. The lowest BCUT2D eigenvalue weighted by Crippen LogP contribution is -2.33. The minimum absolute atomic E-state index is 0.108. The van der Waals surface area contributed by atoms with Crippen LogP contribution in [-0.4, -0.2) is 35.1 Å². The molecule has 18 heavy (non-hydrogen) atoms. The van der Waals surface area contributed by atoms with Crippen LogP contribution >= 0.6 is 0 Å². The zero-order chi connectivity index (χ0) is 13.0. The van der Waals surface area contributed by atoms with Crippen molar-refractivity contribution in [1.82, 2.24) is 20.8 Å². The van der Waals surface area contributed by atoms with Crippen molar-refractivity contribution < 1.29 is 9.59 Å². The summed E-state index contributed by atoms with van der Waals surface area (Å²) in [5, 5.41) is 13.0. The van der Waals surface area contributed by atoms with E-state index in [2.05, 4.69) is 20.8 Å². The topological polar surface area (TPSA) is 86.9 Å². The third-order valence-electron chi connectivity index (χ3n) is 2.49. The monoisotopic (exact) mass is 246 g/mol. The SMILES string of the molecule is CC(=O)NCCNC(=O)c1ccc2cn[nH]c2c1. The molecule has 0 aliphatic carbocycles. The first-order chi connectivity index (χ1) is 8.66. The van der Waals surface area contributed by atoms with Gasteiger partial charge in [0.15, 0.2) is 0 Å². The Morgan fingerprint density at radius 2 is 2.06 bits per heavy atom. The second-order valence-corrected chi connectivity index (χ2v) is 3.91. The predicted molar refractivity (Wildman–Crippen MR) is 67.1 cm³/mol. The number of aromatic amines is 1. The zero-order valence-electron chi connectivity index (χ0n) is 9.99. The Balaban J connectivity index is 1.93. The van der Waals surface area contributed by atoms with Crippen LogP contribution in [0.2, 0.25) is 0 Å². The average Bonchev–Trinajstić information content (AvgIpc) is 2.81. The van der Waals surface area contributed by atoms with Crippen molar-refractivity contribution in [2.75, 3.05) is 13.1 Å². The van der Waals surface area contributed by atoms with E-state index in [1.54, 1.807) is 18.3 Å². The first-order valence-electron chi connectivity index (χ1n) is 5.62. The Hall–Kier alpha value is -2.37. The fraction of sp³-hybridized carbons (Fsp3) is 0.250. The minimum Gasteiger partial charge on any atom is -0.355 e. The van der Waals surface area contributed by atoms with Gasteiger partial charge in [0.1, 0.15) is 0 Å². The molecule has 1 aromatic heterocycles. The van der Waals surface area contributed by atoms with Gasteiger partial charge in [0, 0.05) is 31.0 Å². The van der Waals surface area contributed by atoms with Crippen molar-refractivity contribution in [1.29, 1.82) is 0 Å². The minimum atomic E-state index is -0.170. The Morgan fingerprint density at radius 1 is 1.28 bits per heavy atom. The molecule has 6 nitrogen and oxygen atoms in total. The average molecular weight is 246 g/mol. The molecule has 0 aliphatic heterocycles. The number of aromatic nitrogens is 2. The van der Waals surface area contributed by atoms with Crippen LogP contribution in [0.15, 0.2) is 24.4 Å². The third-order valence-corrected chi connectivity index (χ3v) is 2.49. The number of carbonyl (C=O) groups excluding carboxylic acids is 2. The van der Waals surface area contributed by atoms with Crippen LogP contribution in [0.1, 0.15) is 17.3 Å². The van der Waals surface area contributed by atoms with Crippen LogP contribution in [0.4, 0.5) is 0 Å². The predicted octanol–water partition coefficient (Wildman–Crippen LogP) is 0.429. The summed E-state index contributed by atoms with van der Waals surface area (Å²) in [4.78, 5) is 22.4. The molecule has 2 rings (SSSR count). The Morgan fingerprint density at radius 3 is 2.83 bits per heavy atom. The molecule has 2 aromatic rings. The summed E-state index contributed by atoms with van der Waals surface area (Å²) in [7, 11) is 0. The molecule has 0 radical (unpaired) electrons. The summed E-state index contributed by atoms with van der Waals surface area (Å²) in [6.07, 6.45) is 1.70. The van der Waals surface area contributed by atoms with E-state index < -0.39 is 0 Å². The van der Waals surface area contributed by atoms with Gasteiger partial charge in [-0.1, -0.05) is 6.07 Å². The molecule has 0 bridgehead atoms. The van der Waals surface area contributed by atoms with Crippen LogP contribution in [-0.2, 0) is 4.79 Å². The van der Waals surface area contributed by atoms with Gasteiger partial charge in [-0.25, -0.2) is 0 Å². The highest BCUT2D eigenvalue weighted by molar-refractivity contribution is 5.97. The smallest absolute Gasteiger partial charge is 0.251 e. The second-order valence-electron chi connectivity index (χ2n) is 3.91. The fourth-order valence-electron chi connectivity index (χ4n) is 1.59. The Kier molecular flexibility index (Phi) is 3.57. The molecule has 0 saturated carbocycles. The van der Waals surface area contributed by atoms with E-state index in [1.807, 2.05) is 6.07 Å². The lowest BCUT2D eigenvalue weighted by molar-refractivity contribution is -0.118. The maximum Gasteiger partial charge on any atom is 0.251 e. The number of hydrogen-bond donors (Lipinski definition) is 3. The molecule has 0 spiro atoms. The molecular weight excluding hydrogens is 232 g/mol. The zero-order valence-corrected chi connectivity index (χ0v) is 9.99. The molecule has 94 valence electrons. The van der Waals surface area contributed by atoms with Crippen LogP contribution in [0.5, 0.6) is 0 Å². The van der Waals surface area contributed by atoms with E-state index in [0.29, 0.717) is 18.7 Å². The number of nitrogens with one attached hydrogen (secondary N) is 3. The van der Waals surface area contributed by atoms with Gasteiger partial charge in [-0.2, -0.15) is 5.10 Å². The highest BCUT2D eigenvalue weighted by Crippen LogP contribution is 2.12. The number of amides is 2. The molecule has 0 atom stereocenters. The van der Waals surface area contributed by atoms with Gasteiger partial charge in [0.2, 0.25) is 5.91 Å². The van der Waals surface area contributed by atoms with Crippen molar-refractivity contribution >= 4 is 22.7 Å². The maximum atomic E-state index is 11.8. The molecule has 1 heterocycles. The van der Waals surface area contributed by atoms with E-state index >= 15 is 0 Å². The lowest BCUT2D eigenvalue weighted by Gasteiger charge is -2.05. The number of nitrogens with zero attached hydrogens (tertiary/aromatic N) is 1. The second kappa shape index (κ2) is 5.31. The first kappa shape index (κ1) is 12.1. The quantitative estimate of drug-likeness (QED) is 0.684. The largest absolute Gasteiger partial charge is 0.355 e. The van der Waals surface area contributed by atoms with Gasteiger partial charge in [-0.3, -0.25) is 14.7 Å². The summed E-state index contributed by atoms with van der Waals surface area (Å²) >= 11 is 0. The molecule has 6 heteroatoms. The summed E-state index contributed by atoms with van der Waals surface area (Å²) in [5.41, 5.74) is 1.39. The van der Waals surface area contributed by atoms with Gasteiger partial charge < -0.3 is 10.6 Å². The van der Waals surface area contributed by atoms with Crippen molar-refractivity contribution in [2.24, 2.45) is 0 Å². The van der Waals surface area contributed by atoms with Crippen LogP contribution in [0, 0.1) is 0 Å². The van der Waals surface area contributed by atoms with E-state index in [-0.39, 0.29) is 11.8 Å². The number of benzene rings is 1. The molecular formula is C12H14N4O2. The van der Waals surface area contributed by atoms with Crippen molar-refractivity contribution in [3.63, 3.8) is 0 Å². The van der Waals surface area contributed by atoms with Crippen molar-refractivity contribution in [3.8, 4) is 0 Å². The number of rotatable bonds is 4. The summed E-state index contributed by atoms with van der Waals surface area (Å²) in [6, 6.07) is 5.32. The van der Waals surface area contributed by atoms with Crippen molar-refractivity contribution in [3.05, 3.63) is 30.0 Å². The summed E-state index contributed by atoms with van der Waals surface area (Å²) in [5.74, 6) is -0.278. The molecule has 0 unspecified atom stereocenters. The molecule has 0 fully saturated rings. The van der Waals surface area contributed by atoms with Gasteiger partial charge in [0.25, 0.3) is 5.91 Å². The Labute approximate surface area is 104 Å². The standard InChI is InChI=1S/C12H14N4O2/c1-8(17)13-4-5-14-12(18)9-2-3-10-7-15-16-11(10)6-9/h2-3,6-7H,4-5H2,1H3,(H,13,17)(H,14,18)(H,15,16). The van der Waals surface area contributed by atoms with E-state index in [0.717, 1.165) is 10.9 Å². The van der Waals surface area contributed by atoms with Gasteiger partial charge in [-0.05, 0) is 12.1 Å². The van der Waals surface area contributed by atoms with Gasteiger partial charge in [-0.15, -0.1) is 0 Å². The van der Waals surface area contributed by atoms with E-state index in [9.17, 15) is 9.59 Å². The lowest BCUT2D eigenvalue weighted by atomic mass is 10.1. The molecule has 0 aliphatic rings. The molecule has 3 N–H and O–H groups in total. The maximum absolute atomic E-state index is 11.8. The van der Waals surface area contributed by atoms with E-state index in [1.165, 1.54) is 6.92 Å². The number of fused-ring (bicyclic) bond motifs is 1. The molecule has 0 saturated heterocycles. The number of hydrogen-bond acceptors (Lipinski definition) is 3. The number of H-pyrrole nitrogens is 1. The summed E-state index contributed by atoms with van der Waals surface area (Å²) in [6.45, 7) is 2.26. The Bertz CT molecular complexity index is 576.